The molecule has 1 aromatic heterocycles. The van der Waals surface area contributed by atoms with E-state index in [9.17, 15) is 0 Å². The molecule has 0 atom stereocenters. The van der Waals surface area contributed by atoms with Gasteiger partial charge in [-0.1, -0.05) is 12.6 Å². The summed E-state index contributed by atoms with van der Waals surface area (Å²) in [5.74, 6) is 0. The third-order valence-electron chi connectivity index (χ3n) is 0.890. The van der Waals surface area contributed by atoms with E-state index in [0.717, 1.165) is 19.9 Å². The first-order chi connectivity index (χ1) is 5.29. The molecule has 1 aromatic rings. The molecule has 0 aliphatic carbocycles. The van der Waals surface area contributed by atoms with E-state index < -0.39 is 0 Å². The van der Waals surface area contributed by atoms with Crippen molar-refractivity contribution < 1.29 is 31.9 Å². The van der Waals surface area contributed by atoms with E-state index in [4.69, 9.17) is 10.2 Å². The van der Waals surface area contributed by atoms with Gasteiger partial charge in [-0.05, 0) is 6.92 Å². The van der Waals surface area contributed by atoms with Crippen LogP contribution in [0, 0.1) is 19.9 Å². The molecule has 0 amide bonds. The molecular formula is C8H16NO2Ti-. The Bertz CT molecular complexity index is 149. The molecule has 0 bridgehead atoms. The fourth-order valence-electron chi connectivity index (χ4n) is 0.584. The zero-order valence-electron chi connectivity index (χ0n) is 7.97. The van der Waals surface area contributed by atoms with Gasteiger partial charge in [0.15, 0.2) is 0 Å². The maximum atomic E-state index is 7.00. The summed E-state index contributed by atoms with van der Waals surface area (Å²) in [6.45, 7) is 4.01. The maximum Gasteiger partial charge on any atom is 0.0319 e. The average molecular weight is 206 g/mol. The molecule has 3 N–H and O–H groups in total. The summed E-state index contributed by atoms with van der Waals surface area (Å²) < 4.78 is 0. The first-order valence-corrected chi connectivity index (χ1v) is 3.22. The topological polar surface area (TPSA) is 56.2 Å². The molecule has 0 radical (unpaired) electrons. The van der Waals surface area contributed by atoms with Crippen LogP contribution in [-0.2, 0) is 21.7 Å². The largest absolute Gasteiger partial charge is 0.456 e. The molecule has 0 aliphatic heterocycles. The summed E-state index contributed by atoms with van der Waals surface area (Å²) in [6, 6.07) is 4.95. The van der Waals surface area contributed by atoms with Crippen molar-refractivity contribution in [1.29, 1.82) is 0 Å². The molecule has 0 aliphatic rings. The third-order valence-corrected chi connectivity index (χ3v) is 0.890. The van der Waals surface area contributed by atoms with Crippen LogP contribution < -0.4 is 0 Å². The Morgan fingerprint density at radius 3 is 1.67 bits per heavy atom. The van der Waals surface area contributed by atoms with Crippen molar-refractivity contribution in [2.75, 3.05) is 14.2 Å². The van der Waals surface area contributed by atoms with E-state index in [2.05, 4.69) is 11.1 Å². The fraction of sp³-hybridized carbons (Fsp3) is 0.500. The molecule has 0 spiro atoms. The van der Waals surface area contributed by atoms with E-state index in [1.165, 1.54) is 5.69 Å². The van der Waals surface area contributed by atoms with E-state index in [1.807, 2.05) is 19.9 Å². The predicted octanol–water partition coefficient (Wildman–Crippen LogP) is 0.646. The van der Waals surface area contributed by atoms with Crippen molar-refractivity contribution in [3.63, 3.8) is 0 Å². The summed E-state index contributed by atoms with van der Waals surface area (Å²) in [5, 5.41) is 14.0. The van der Waals surface area contributed by atoms with Gasteiger partial charge in [0, 0.05) is 35.9 Å². The van der Waals surface area contributed by atoms with Crippen LogP contribution in [0.1, 0.15) is 11.4 Å². The van der Waals surface area contributed by atoms with Crippen molar-refractivity contribution in [3.05, 3.63) is 23.5 Å². The average Bonchev–Trinajstić information content (AvgIpc) is 2.43. The van der Waals surface area contributed by atoms with Gasteiger partial charge in [-0.25, -0.2) is 12.1 Å². The Morgan fingerprint density at radius 1 is 1.17 bits per heavy atom. The molecule has 1 rings (SSSR count). The Labute approximate surface area is 88.7 Å². The molecule has 0 fully saturated rings. The smallest absolute Gasteiger partial charge is 0.0319 e. The quantitative estimate of drug-likeness (QED) is 0.431. The summed E-state index contributed by atoms with van der Waals surface area (Å²) in [7, 11) is 2.00. The number of aliphatic hydroxyl groups excluding tert-OH is 2. The van der Waals surface area contributed by atoms with Crippen LogP contribution in [0.5, 0.6) is 0 Å². The number of aromatic amines is 1. The molecule has 1 heterocycles. The van der Waals surface area contributed by atoms with Crippen LogP contribution in [-0.4, -0.2) is 29.4 Å². The second-order valence-electron chi connectivity index (χ2n) is 1.72. The molecule has 70 valence electrons. The fourth-order valence-corrected chi connectivity index (χ4v) is 0.584. The minimum Gasteiger partial charge on any atom is -0.456 e. The van der Waals surface area contributed by atoms with E-state index in [1.54, 1.807) is 0 Å². The van der Waals surface area contributed by atoms with Crippen LogP contribution in [0.25, 0.3) is 0 Å². The Hall–Kier alpha value is -0.0857. The van der Waals surface area contributed by atoms with E-state index >= 15 is 0 Å². The minimum atomic E-state index is 0. The van der Waals surface area contributed by atoms with Gasteiger partial charge in [0.25, 0.3) is 0 Å². The van der Waals surface area contributed by atoms with Crippen LogP contribution >= 0.6 is 0 Å². The van der Waals surface area contributed by atoms with Gasteiger partial charge in [0.1, 0.15) is 0 Å². The van der Waals surface area contributed by atoms with Crippen molar-refractivity contribution in [2.24, 2.45) is 0 Å². The Kier molecular flexibility index (Phi) is 20.1. The van der Waals surface area contributed by atoms with Gasteiger partial charge >= 0.3 is 0 Å². The number of aryl methyl sites for hydroxylation is 2. The second-order valence-corrected chi connectivity index (χ2v) is 1.72. The normalized spacial score (nSPS) is 6.50. The summed E-state index contributed by atoms with van der Waals surface area (Å²) in [5.41, 5.74) is 2.29. The van der Waals surface area contributed by atoms with Crippen LogP contribution in [0.4, 0.5) is 0 Å². The molecule has 0 aromatic carbocycles. The Morgan fingerprint density at radius 2 is 1.58 bits per heavy atom. The van der Waals surface area contributed by atoms with E-state index in [0.29, 0.717) is 0 Å². The number of hydrogen-bond acceptors (Lipinski definition) is 2. The zero-order chi connectivity index (χ0) is 9.28. The number of aliphatic hydroxyl groups is 2. The predicted molar refractivity (Wildman–Crippen MR) is 45.4 cm³/mol. The maximum absolute atomic E-state index is 7.00. The Balaban J connectivity index is -0.000000144. The third kappa shape index (κ3) is 9.91. The number of hydrogen-bond donors (Lipinski definition) is 3. The molecule has 3 nitrogen and oxygen atoms in total. The first-order valence-electron chi connectivity index (χ1n) is 3.22. The van der Waals surface area contributed by atoms with Gasteiger partial charge < -0.3 is 15.2 Å². The van der Waals surface area contributed by atoms with Crippen molar-refractivity contribution in [3.8, 4) is 0 Å². The van der Waals surface area contributed by atoms with Gasteiger partial charge in [0.2, 0.25) is 0 Å². The molecular weight excluding hydrogens is 190 g/mol. The molecule has 0 saturated heterocycles. The van der Waals surface area contributed by atoms with Crippen LogP contribution in [0.3, 0.4) is 0 Å². The second kappa shape index (κ2) is 13.5. The van der Waals surface area contributed by atoms with Gasteiger partial charge in [0.05, 0.1) is 0 Å². The van der Waals surface area contributed by atoms with Crippen LogP contribution in [0.15, 0.2) is 6.07 Å². The zero-order valence-corrected chi connectivity index (χ0v) is 9.53. The standard InChI is InChI=1S/C6H8N.2CH4O.Ti/c1-5-3-4-6(2)7-5;2*1-2;/h3,7H,1-2H3;2*2H,1H3;/q-1;;;. The van der Waals surface area contributed by atoms with Crippen molar-refractivity contribution in [2.45, 2.75) is 13.8 Å². The minimum absolute atomic E-state index is 0. The number of rotatable bonds is 0. The van der Waals surface area contributed by atoms with Gasteiger partial charge in [-0.2, -0.15) is 0 Å². The molecule has 4 heteroatoms. The van der Waals surface area contributed by atoms with Crippen molar-refractivity contribution in [1.82, 2.24) is 4.98 Å². The summed E-state index contributed by atoms with van der Waals surface area (Å²) >= 11 is 0. The number of H-pyrrole nitrogens is 1. The molecule has 0 unspecified atom stereocenters. The van der Waals surface area contributed by atoms with E-state index in [-0.39, 0.29) is 21.7 Å². The van der Waals surface area contributed by atoms with Crippen LogP contribution in [0.2, 0.25) is 0 Å². The van der Waals surface area contributed by atoms with Gasteiger partial charge in [-0.15, -0.1) is 5.69 Å². The number of nitrogens with one attached hydrogen (secondary N) is 1. The SMILES string of the molecule is CO.CO.Cc1[c-]cc(C)[nH]1.[Ti]. The molecule has 0 saturated carbocycles. The monoisotopic (exact) mass is 206 g/mol. The van der Waals surface area contributed by atoms with Gasteiger partial charge in [-0.3, -0.25) is 0 Å². The number of aromatic nitrogens is 1. The summed E-state index contributed by atoms with van der Waals surface area (Å²) in [4.78, 5) is 3.08. The van der Waals surface area contributed by atoms with Crippen molar-refractivity contribution >= 4 is 0 Å². The summed E-state index contributed by atoms with van der Waals surface area (Å²) in [6.07, 6.45) is 0. The molecule has 12 heavy (non-hydrogen) atoms. The first kappa shape index (κ1) is 17.9.